The molecule has 4 rings (SSSR count). The van der Waals surface area contributed by atoms with Gasteiger partial charge in [-0.2, -0.15) is 5.10 Å². The van der Waals surface area contributed by atoms with Crippen LogP contribution in [-0.4, -0.2) is 35.0 Å². The third kappa shape index (κ3) is 3.50. The highest BCUT2D eigenvalue weighted by atomic mass is 16.5. The highest BCUT2D eigenvalue weighted by molar-refractivity contribution is 5.94. The van der Waals surface area contributed by atoms with Crippen LogP contribution in [0, 0.1) is 0 Å². The number of hydrogen-bond acceptors (Lipinski definition) is 6. The summed E-state index contributed by atoms with van der Waals surface area (Å²) in [6, 6.07) is 16.1. The van der Waals surface area contributed by atoms with E-state index < -0.39 is 0 Å². The van der Waals surface area contributed by atoms with Crippen LogP contribution in [0.5, 0.6) is 17.4 Å². The molecule has 0 radical (unpaired) electrons. The third-order valence-electron chi connectivity index (χ3n) is 4.18. The lowest BCUT2D eigenvalue weighted by Crippen LogP contribution is -2.01. The number of esters is 1. The Bertz CT molecular complexity index is 1140. The molecule has 28 heavy (non-hydrogen) atoms. The maximum Gasteiger partial charge on any atom is 0.337 e. The van der Waals surface area contributed by atoms with Crippen LogP contribution in [0.2, 0.25) is 0 Å². The Hall–Kier alpha value is -3.87. The maximum absolute atomic E-state index is 11.7. The van der Waals surface area contributed by atoms with Crippen molar-refractivity contribution >= 4 is 16.9 Å². The molecule has 2 aromatic heterocycles. The van der Waals surface area contributed by atoms with Crippen LogP contribution in [-0.2, 0) is 4.74 Å². The number of benzene rings is 2. The monoisotopic (exact) mass is 375 g/mol. The first kappa shape index (κ1) is 17.5. The molecule has 7 heteroatoms. The van der Waals surface area contributed by atoms with Crippen molar-refractivity contribution in [1.29, 1.82) is 0 Å². The van der Waals surface area contributed by atoms with Gasteiger partial charge in [0.2, 0.25) is 5.88 Å². The van der Waals surface area contributed by atoms with Crippen LogP contribution in [0.25, 0.3) is 16.6 Å². The predicted molar refractivity (Wildman–Crippen MR) is 103 cm³/mol. The second-order valence-electron chi connectivity index (χ2n) is 5.97. The summed E-state index contributed by atoms with van der Waals surface area (Å²) in [4.78, 5) is 16.2. The fourth-order valence-electron chi connectivity index (χ4n) is 2.82. The highest BCUT2D eigenvalue weighted by Gasteiger charge is 2.09. The van der Waals surface area contributed by atoms with E-state index in [0.717, 1.165) is 11.1 Å². The number of rotatable bonds is 5. The Morgan fingerprint density at radius 1 is 1.00 bits per heavy atom. The first-order valence-corrected chi connectivity index (χ1v) is 8.52. The van der Waals surface area contributed by atoms with Crippen LogP contribution in [0.1, 0.15) is 10.4 Å². The minimum absolute atomic E-state index is 0.384. The number of aromatic nitrogens is 3. The molecule has 7 nitrogen and oxygen atoms in total. The third-order valence-corrected chi connectivity index (χ3v) is 4.18. The first-order chi connectivity index (χ1) is 13.7. The zero-order valence-corrected chi connectivity index (χ0v) is 15.3. The summed E-state index contributed by atoms with van der Waals surface area (Å²) in [6.45, 7) is 0. The van der Waals surface area contributed by atoms with Crippen molar-refractivity contribution in [2.24, 2.45) is 0 Å². The lowest BCUT2D eigenvalue weighted by Gasteiger charge is -2.11. The topological polar surface area (TPSA) is 75.5 Å². The normalized spacial score (nSPS) is 10.6. The molecular weight excluding hydrogens is 358 g/mol. The summed E-state index contributed by atoms with van der Waals surface area (Å²) < 4.78 is 17.8. The van der Waals surface area contributed by atoms with Gasteiger partial charge in [0, 0.05) is 42.0 Å². The van der Waals surface area contributed by atoms with E-state index in [0.29, 0.717) is 28.5 Å². The van der Waals surface area contributed by atoms with E-state index in [1.54, 1.807) is 48.3 Å². The number of ether oxygens (including phenoxy) is 3. The number of hydrogen-bond donors (Lipinski definition) is 0. The lowest BCUT2D eigenvalue weighted by molar-refractivity contribution is 0.0601. The molecule has 140 valence electrons. The molecule has 0 saturated heterocycles. The van der Waals surface area contributed by atoms with Gasteiger partial charge < -0.3 is 14.2 Å². The standard InChI is InChI=1S/C21H17N3O4/c1-26-17-11-16(24-9-3-8-22-24)12-18(13-17)28-20-7-5-14-10-15(21(25)27-2)4-6-19(14)23-20/h3-13H,1-2H3. The van der Waals surface area contributed by atoms with Crippen molar-refractivity contribution in [3.8, 4) is 23.1 Å². The van der Waals surface area contributed by atoms with Crippen molar-refractivity contribution in [2.45, 2.75) is 0 Å². The predicted octanol–water partition coefficient (Wildman–Crippen LogP) is 4.01. The van der Waals surface area contributed by atoms with Crippen LogP contribution in [0.3, 0.4) is 0 Å². The van der Waals surface area contributed by atoms with Crippen LogP contribution < -0.4 is 9.47 Å². The van der Waals surface area contributed by atoms with E-state index >= 15 is 0 Å². The zero-order chi connectivity index (χ0) is 19.5. The van der Waals surface area contributed by atoms with Crippen molar-refractivity contribution < 1.29 is 19.0 Å². The summed E-state index contributed by atoms with van der Waals surface area (Å²) >= 11 is 0. The fourth-order valence-corrected chi connectivity index (χ4v) is 2.82. The highest BCUT2D eigenvalue weighted by Crippen LogP contribution is 2.29. The van der Waals surface area contributed by atoms with Gasteiger partial charge in [-0.1, -0.05) is 0 Å². The van der Waals surface area contributed by atoms with Crippen molar-refractivity contribution in [3.63, 3.8) is 0 Å². The fraction of sp³-hybridized carbons (Fsp3) is 0.0952. The van der Waals surface area contributed by atoms with Gasteiger partial charge in [-0.15, -0.1) is 0 Å². The van der Waals surface area contributed by atoms with Gasteiger partial charge >= 0.3 is 5.97 Å². The average molecular weight is 375 g/mol. The smallest absolute Gasteiger partial charge is 0.337 e. The molecular formula is C21H17N3O4. The number of fused-ring (bicyclic) bond motifs is 1. The van der Waals surface area contributed by atoms with Gasteiger partial charge in [0.15, 0.2) is 0 Å². The number of nitrogens with zero attached hydrogens (tertiary/aromatic N) is 3. The average Bonchev–Trinajstić information content (AvgIpc) is 3.27. The molecule has 2 aromatic carbocycles. The summed E-state index contributed by atoms with van der Waals surface area (Å²) in [6.07, 6.45) is 3.54. The molecule has 0 aliphatic heterocycles. The SMILES string of the molecule is COC(=O)c1ccc2nc(Oc3cc(OC)cc(-n4cccn4)c3)ccc2c1. The Kier molecular flexibility index (Phi) is 4.63. The molecule has 0 amide bonds. The summed E-state index contributed by atoms with van der Waals surface area (Å²) in [5.74, 6) is 1.26. The van der Waals surface area contributed by atoms with Crippen molar-refractivity contribution in [3.05, 3.63) is 72.6 Å². The van der Waals surface area contributed by atoms with Crippen LogP contribution in [0.15, 0.2) is 67.0 Å². The van der Waals surface area contributed by atoms with Crippen LogP contribution >= 0.6 is 0 Å². The van der Waals surface area contributed by atoms with E-state index in [1.807, 2.05) is 30.5 Å². The summed E-state index contributed by atoms with van der Waals surface area (Å²) in [5, 5.41) is 5.05. The molecule has 0 fully saturated rings. The molecule has 0 N–H and O–H groups in total. The largest absolute Gasteiger partial charge is 0.497 e. The van der Waals surface area contributed by atoms with Gasteiger partial charge in [-0.05, 0) is 30.3 Å². The first-order valence-electron chi connectivity index (χ1n) is 8.52. The summed E-state index contributed by atoms with van der Waals surface area (Å²) in [5.41, 5.74) is 1.99. The van der Waals surface area contributed by atoms with E-state index in [4.69, 9.17) is 14.2 Å². The number of carbonyl (C=O) groups excluding carboxylic acids is 1. The van der Waals surface area contributed by atoms with Gasteiger partial charge in [0.05, 0.1) is 31.0 Å². The van der Waals surface area contributed by atoms with Crippen molar-refractivity contribution in [2.75, 3.05) is 14.2 Å². The van der Waals surface area contributed by atoms with Gasteiger partial charge in [0.1, 0.15) is 11.5 Å². The second kappa shape index (κ2) is 7.40. The van der Waals surface area contributed by atoms with E-state index in [-0.39, 0.29) is 5.97 Å². The molecule has 0 unspecified atom stereocenters. The van der Waals surface area contributed by atoms with Crippen molar-refractivity contribution in [1.82, 2.24) is 14.8 Å². The Balaban J connectivity index is 1.66. The molecule has 0 bridgehead atoms. The second-order valence-corrected chi connectivity index (χ2v) is 5.97. The molecule has 0 saturated carbocycles. The molecule has 2 heterocycles. The van der Waals surface area contributed by atoms with Gasteiger partial charge in [-0.25, -0.2) is 14.5 Å². The quantitative estimate of drug-likeness (QED) is 0.491. The minimum Gasteiger partial charge on any atom is -0.497 e. The van der Waals surface area contributed by atoms with E-state index in [2.05, 4.69) is 10.1 Å². The Morgan fingerprint density at radius 3 is 2.61 bits per heavy atom. The lowest BCUT2D eigenvalue weighted by atomic mass is 10.1. The molecule has 0 spiro atoms. The number of pyridine rings is 1. The van der Waals surface area contributed by atoms with Crippen LogP contribution in [0.4, 0.5) is 0 Å². The summed E-state index contributed by atoms with van der Waals surface area (Å²) in [7, 11) is 2.95. The van der Waals surface area contributed by atoms with E-state index in [1.165, 1.54) is 7.11 Å². The van der Waals surface area contributed by atoms with E-state index in [9.17, 15) is 4.79 Å². The Labute approximate surface area is 161 Å². The maximum atomic E-state index is 11.7. The molecule has 0 aliphatic rings. The Morgan fingerprint density at radius 2 is 1.86 bits per heavy atom. The zero-order valence-electron chi connectivity index (χ0n) is 15.3. The number of carbonyl (C=O) groups is 1. The molecule has 0 atom stereocenters. The number of methoxy groups -OCH3 is 2. The van der Waals surface area contributed by atoms with Gasteiger partial charge in [-0.3, -0.25) is 0 Å². The molecule has 0 aliphatic carbocycles. The molecule has 4 aromatic rings. The minimum atomic E-state index is -0.384. The van der Waals surface area contributed by atoms with Gasteiger partial charge in [0.25, 0.3) is 0 Å².